The predicted octanol–water partition coefficient (Wildman–Crippen LogP) is 3.99. The Bertz CT molecular complexity index is 1170. The maximum Gasteiger partial charge on any atom is 0.271 e. The van der Waals surface area contributed by atoms with E-state index in [1.807, 2.05) is 36.7 Å². The number of nitro benzene ring substituents is 1. The highest BCUT2D eigenvalue weighted by Crippen LogP contribution is 2.24. The van der Waals surface area contributed by atoms with Crippen molar-refractivity contribution in [2.75, 3.05) is 7.11 Å². The van der Waals surface area contributed by atoms with E-state index >= 15 is 0 Å². The molecule has 0 saturated carbocycles. The molecule has 0 bridgehead atoms. The number of hydrogen-bond acceptors (Lipinski definition) is 6. The lowest BCUT2D eigenvalue weighted by Gasteiger charge is -2.11. The molecule has 1 N–H and O–H groups in total. The molecule has 0 radical (unpaired) electrons. The first-order valence-corrected chi connectivity index (χ1v) is 10.0. The van der Waals surface area contributed by atoms with Gasteiger partial charge in [-0.05, 0) is 59.6 Å². The van der Waals surface area contributed by atoms with Gasteiger partial charge in [-0.15, -0.1) is 0 Å². The molecule has 0 unspecified atom stereocenters. The molecule has 3 aromatic rings. The minimum Gasteiger partial charge on any atom is -0.496 e. The normalized spacial score (nSPS) is 11.0. The summed E-state index contributed by atoms with van der Waals surface area (Å²) in [5.74, 6) is 0.169. The van der Waals surface area contributed by atoms with E-state index in [0.29, 0.717) is 12.3 Å². The fraction of sp³-hybridized carbons (Fsp3) is 0.190. The number of hydrazone groups is 1. The first-order valence-electron chi connectivity index (χ1n) is 9.24. The van der Waals surface area contributed by atoms with E-state index in [4.69, 9.17) is 4.74 Å². The van der Waals surface area contributed by atoms with Gasteiger partial charge >= 0.3 is 0 Å². The molecule has 2 aromatic carbocycles. The highest BCUT2D eigenvalue weighted by atomic mass is 79.9. The van der Waals surface area contributed by atoms with Gasteiger partial charge in [0, 0.05) is 23.3 Å². The third kappa shape index (κ3) is 5.15. The van der Waals surface area contributed by atoms with Crippen molar-refractivity contribution in [2.45, 2.75) is 20.4 Å². The van der Waals surface area contributed by atoms with Crippen molar-refractivity contribution in [1.82, 2.24) is 15.2 Å². The Kier molecular flexibility index (Phi) is 6.81. The Labute approximate surface area is 187 Å². The molecule has 0 aliphatic heterocycles. The number of nitro groups is 1. The Hall–Kier alpha value is -3.53. The van der Waals surface area contributed by atoms with Gasteiger partial charge in [-0.2, -0.15) is 10.2 Å². The summed E-state index contributed by atoms with van der Waals surface area (Å²) in [5, 5.41) is 19.3. The summed E-state index contributed by atoms with van der Waals surface area (Å²) in [7, 11) is 1.60. The van der Waals surface area contributed by atoms with Gasteiger partial charge in [0.2, 0.25) is 0 Å². The average Bonchev–Trinajstić information content (AvgIpc) is 3.00. The van der Waals surface area contributed by atoms with Crippen LogP contribution in [0.1, 0.15) is 32.9 Å². The number of benzene rings is 2. The van der Waals surface area contributed by atoms with Crippen molar-refractivity contribution < 1.29 is 14.5 Å². The summed E-state index contributed by atoms with van der Waals surface area (Å²) < 4.78 is 8.30. The van der Waals surface area contributed by atoms with Crippen LogP contribution in [0.4, 0.5) is 5.69 Å². The number of methoxy groups -OCH3 is 1. The number of non-ortho nitro benzene ring substituents is 1. The summed E-state index contributed by atoms with van der Waals surface area (Å²) in [5.41, 5.74) is 5.92. The zero-order chi connectivity index (χ0) is 22.5. The standard InChI is InChI=1S/C21H20BrN5O4/c1-13-20(22)14(2)26(25-13)12-17-9-15(7-8-19(17)31-3)11-23-24-21(28)16-5-4-6-18(10-16)27(29)30/h4-11H,12H2,1-3H3,(H,24,28)/b23-11+. The quantitative estimate of drug-likeness (QED) is 0.308. The lowest BCUT2D eigenvalue weighted by Crippen LogP contribution is -2.17. The molecular weight excluding hydrogens is 466 g/mol. The third-order valence-corrected chi connectivity index (χ3v) is 5.76. The van der Waals surface area contributed by atoms with E-state index in [2.05, 4.69) is 31.6 Å². The van der Waals surface area contributed by atoms with Gasteiger partial charge in [0.05, 0.1) is 40.7 Å². The molecule has 0 aliphatic rings. The first-order chi connectivity index (χ1) is 14.8. The van der Waals surface area contributed by atoms with E-state index in [9.17, 15) is 14.9 Å². The summed E-state index contributed by atoms with van der Waals surface area (Å²) in [6.07, 6.45) is 1.50. The predicted molar refractivity (Wildman–Crippen MR) is 120 cm³/mol. The van der Waals surface area contributed by atoms with Gasteiger partial charge in [-0.25, -0.2) is 5.43 Å². The molecular formula is C21H20BrN5O4. The Morgan fingerprint density at radius 1 is 1.32 bits per heavy atom. The fourth-order valence-corrected chi connectivity index (χ4v) is 3.27. The van der Waals surface area contributed by atoms with Crippen LogP contribution >= 0.6 is 15.9 Å². The zero-order valence-electron chi connectivity index (χ0n) is 17.1. The molecule has 31 heavy (non-hydrogen) atoms. The van der Waals surface area contributed by atoms with E-state index in [-0.39, 0.29) is 11.3 Å². The van der Waals surface area contributed by atoms with Crippen molar-refractivity contribution >= 4 is 33.7 Å². The summed E-state index contributed by atoms with van der Waals surface area (Å²) >= 11 is 3.53. The molecule has 9 nitrogen and oxygen atoms in total. The summed E-state index contributed by atoms with van der Waals surface area (Å²) in [6.45, 7) is 4.41. The number of amides is 1. The van der Waals surface area contributed by atoms with Gasteiger partial charge in [0.25, 0.3) is 11.6 Å². The van der Waals surface area contributed by atoms with Crippen LogP contribution in [0.25, 0.3) is 0 Å². The number of ether oxygens (including phenoxy) is 1. The number of carbonyl (C=O) groups excluding carboxylic acids is 1. The minimum absolute atomic E-state index is 0.150. The molecule has 0 aliphatic carbocycles. The second-order valence-corrected chi connectivity index (χ2v) is 7.51. The molecule has 160 valence electrons. The van der Waals surface area contributed by atoms with E-state index in [1.165, 1.54) is 30.5 Å². The molecule has 1 heterocycles. The topological polar surface area (TPSA) is 112 Å². The van der Waals surface area contributed by atoms with Crippen LogP contribution < -0.4 is 10.2 Å². The van der Waals surface area contributed by atoms with Gasteiger partial charge in [0.15, 0.2) is 0 Å². The van der Waals surface area contributed by atoms with E-state index < -0.39 is 10.8 Å². The average molecular weight is 486 g/mol. The summed E-state index contributed by atoms with van der Waals surface area (Å²) in [6, 6.07) is 11.0. The van der Waals surface area contributed by atoms with Crippen LogP contribution in [0.5, 0.6) is 5.75 Å². The second kappa shape index (κ2) is 9.52. The van der Waals surface area contributed by atoms with Crippen molar-refractivity contribution in [1.29, 1.82) is 0 Å². The van der Waals surface area contributed by atoms with Crippen LogP contribution in [0.3, 0.4) is 0 Å². The summed E-state index contributed by atoms with van der Waals surface area (Å²) in [4.78, 5) is 22.5. The van der Waals surface area contributed by atoms with Crippen molar-refractivity contribution in [3.05, 3.63) is 85.1 Å². The van der Waals surface area contributed by atoms with Gasteiger partial charge in [-0.1, -0.05) is 6.07 Å². The van der Waals surface area contributed by atoms with E-state index in [0.717, 1.165) is 27.0 Å². The number of rotatable bonds is 7. The lowest BCUT2D eigenvalue weighted by molar-refractivity contribution is -0.384. The van der Waals surface area contributed by atoms with Gasteiger partial charge in [0.1, 0.15) is 5.75 Å². The van der Waals surface area contributed by atoms with Crippen LogP contribution in [-0.4, -0.2) is 33.9 Å². The van der Waals surface area contributed by atoms with Crippen LogP contribution in [0, 0.1) is 24.0 Å². The molecule has 3 rings (SSSR count). The lowest BCUT2D eigenvalue weighted by atomic mass is 10.1. The number of aryl methyl sites for hydroxylation is 1. The van der Waals surface area contributed by atoms with E-state index in [1.54, 1.807) is 7.11 Å². The molecule has 1 amide bonds. The number of nitrogens with zero attached hydrogens (tertiary/aromatic N) is 4. The van der Waals surface area contributed by atoms with Crippen molar-refractivity contribution in [3.63, 3.8) is 0 Å². The maximum absolute atomic E-state index is 12.2. The third-order valence-electron chi connectivity index (χ3n) is 4.62. The molecule has 1 aromatic heterocycles. The molecule has 0 atom stereocenters. The molecule has 10 heteroatoms. The smallest absolute Gasteiger partial charge is 0.271 e. The van der Waals surface area contributed by atoms with Crippen LogP contribution in [0.2, 0.25) is 0 Å². The Morgan fingerprint density at radius 3 is 2.74 bits per heavy atom. The molecule has 0 spiro atoms. The number of carbonyl (C=O) groups is 1. The van der Waals surface area contributed by atoms with Crippen LogP contribution in [0.15, 0.2) is 52.0 Å². The Balaban J connectivity index is 1.76. The second-order valence-electron chi connectivity index (χ2n) is 6.72. The Morgan fingerprint density at radius 2 is 2.10 bits per heavy atom. The first kappa shape index (κ1) is 22.2. The minimum atomic E-state index is -0.555. The van der Waals surface area contributed by atoms with Gasteiger partial charge in [-0.3, -0.25) is 19.6 Å². The SMILES string of the molecule is COc1ccc(/C=N/NC(=O)c2cccc([N+](=O)[O-])c2)cc1Cn1nc(C)c(Br)c1C. The molecule has 0 fully saturated rings. The number of halogens is 1. The van der Waals surface area contributed by atoms with Crippen molar-refractivity contribution in [3.8, 4) is 5.75 Å². The largest absolute Gasteiger partial charge is 0.496 e. The number of aromatic nitrogens is 2. The highest BCUT2D eigenvalue weighted by molar-refractivity contribution is 9.10. The highest BCUT2D eigenvalue weighted by Gasteiger charge is 2.13. The monoisotopic (exact) mass is 485 g/mol. The molecule has 0 saturated heterocycles. The van der Waals surface area contributed by atoms with Crippen molar-refractivity contribution in [2.24, 2.45) is 5.10 Å². The van der Waals surface area contributed by atoms with Gasteiger partial charge < -0.3 is 4.74 Å². The number of nitrogens with one attached hydrogen (secondary N) is 1. The zero-order valence-corrected chi connectivity index (χ0v) is 18.7. The number of hydrogen-bond donors (Lipinski definition) is 1. The fourth-order valence-electron chi connectivity index (χ4n) is 2.98. The maximum atomic E-state index is 12.2. The van der Waals surface area contributed by atoms with Crippen LogP contribution in [-0.2, 0) is 6.54 Å².